The molecule has 19 heavy (non-hydrogen) atoms. The molecule has 0 aliphatic rings. The molecule has 1 aromatic heterocycles. The van der Waals surface area contributed by atoms with Crippen molar-refractivity contribution in [2.75, 3.05) is 0 Å². The quantitative estimate of drug-likeness (QED) is 0.863. The molecule has 0 fully saturated rings. The third-order valence-electron chi connectivity index (χ3n) is 2.61. The molecule has 1 N–H and O–H groups in total. The molecule has 0 radical (unpaired) electrons. The number of hydrogen-bond acceptors (Lipinski definition) is 3. The van der Waals surface area contributed by atoms with Gasteiger partial charge in [-0.2, -0.15) is 0 Å². The van der Waals surface area contributed by atoms with Crippen LogP contribution in [0.5, 0.6) is 0 Å². The summed E-state index contributed by atoms with van der Waals surface area (Å²) in [6, 6.07) is 12.8. The number of aliphatic hydroxyl groups is 1. The summed E-state index contributed by atoms with van der Waals surface area (Å²) in [5.74, 6) is 0.863. The van der Waals surface area contributed by atoms with Crippen LogP contribution in [-0.2, 0) is 28.9 Å². The molecule has 0 aliphatic carbocycles. The van der Waals surface area contributed by atoms with Crippen molar-refractivity contribution in [2.45, 2.75) is 18.1 Å². The van der Waals surface area contributed by atoms with Gasteiger partial charge in [0, 0.05) is 16.6 Å². The van der Waals surface area contributed by atoms with Gasteiger partial charge >= 0.3 is 0 Å². The van der Waals surface area contributed by atoms with Gasteiger partial charge in [-0.1, -0.05) is 41.9 Å². The highest BCUT2D eigenvalue weighted by Crippen LogP contribution is 2.11. The van der Waals surface area contributed by atoms with Crippen LogP contribution in [0.15, 0.2) is 42.5 Å². The van der Waals surface area contributed by atoms with Crippen LogP contribution in [0.25, 0.3) is 0 Å². The number of nitrogens with zero attached hydrogens (tertiary/aromatic N) is 1. The fourth-order valence-electron chi connectivity index (χ4n) is 1.67. The first-order chi connectivity index (χ1) is 9.17. The van der Waals surface area contributed by atoms with Crippen molar-refractivity contribution in [3.05, 3.63) is 64.4 Å². The smallest absolute Gasteiger partial charge is 0.129 e. The highest BCUT2D eigenvalue weighted by Gasteiger charge is 2.05. The molecule has 0 spiro atoms. The standard InChI is InChI=1S/C14H14ClNO2S/c15-14-3-1-2-13(16-14)10-19(18)9-12-6-4-11(8-17)5-7-12/h1-7,17H,8-10H2. The van der Waals surface area contributed by atoms with E-state index in [9.17, 15) is 4.21 Å². The Balaban J connectivity index is 1.97. The Bertz CT molecular complexity index is 572. The second-order valence-electron chi connectivity index (χ2n) is 4.15. The molecule has 0 bridgehead atoms. The first kappa shape index (κ1) is 14.2. The highest BCUT2D eigenvalue weighted by molar-refractivity contribution is 7.83. The number of rotatable bonds is 5. The Kier molecular flexibility index (Phi) is 5.07. The minimum atomic E-state index is -1.02. The normalized spacial score (nSPS) is 12.3. The third kappa shape index (κ3) is 4.42. The maximum absolute atomic E-state index is 12.0. The molecule has 100 valence electrons. The average molecular weight is 296 g/mol. The van der Waals surface area contributed by atoms with E-state index in [0.717, 1.165) is 16.8 Å². The van der Waals surface area contributed by atoms with E-state index in [1.807, 2.05) is 30.3 Å². The molecular weight excluding hydrogens is 282 g/mol. The predicted octanol–water partition coefficient (Wildman–Crippen LogP) is 2.68. The van der Waals surface area contributed by atoms with Gasteiger partial charge in [0.1, 0.15) is 5.15 Å². The molecule has 2 aromatic rings. The van der Waals surface area contributed by atoms with E-state index in [1.165, 1.54) is 0 Å². The fraction of sp³-hybridized carbons (Fsp3) is 0.214. The number of hydrogen-bond donors (Lipinski definition) is 1. The van der Waals surface area contributed by atoms with Gasteiger partial charge in [0.25, 0.3) is 0 Å². The SMILES string of the molecule is O=S(Cc1ccc(CO)cc1)Cc1cccc(Cl)n1. The van der Waals surface area contributed by atoms with E-state index in [0.29, 0.717) is 16.7 Å². The molecule has 0 amide bonds. The van der Waals surface area contributed by atoms with Gasteiger partial charge in [-0.3, -0.25) is 4.21 Å². The summed E-state index contributed by atoms with van der Waals surface area (Å²) in [6.07, 6.45) is 0. The topological polar surface area (TPSA) is 50.2 Å². The molecular formula is C14H14ClNO2S. The van der Waals surface area contributed by atoms with E-state index in [2.05, 4.69) is 4.98 Å². The maximum Gasteiger partial charge on any atom is 0.129 e. The van der Waals surface area contributed by atoms with Crippen LogP contribution in [0.3, 0.4) is 0 Å². The molecule has 3 nitrogen and oxygen atoms in total. The lowest BCUT2D eigenvalue weighted by molar-refractivity contribution is 0.282. The lowest BCUT2D eigenvalue weighted by Crippen LogP contribution is -2.01. The summed E-state index contributed by atoms with van der Waals surface area (Å²) < 4.78 is 12.0. The lowest BCUT2D eigenvalue weighted by atomic mass is 10.2. The number of aromatic nitrogens is 1. The fourth-order valence-corrected chi connectivity index (χ4v) is 3.01. The van der Waals surface area contributed by atoms with E-state index in [4.69, 9.17) is 16.7 Å². The summed E-state index contributed by atoms with van der Waals surface area (Å²) in [4.78, 5) is 4.12. The summed E-state index contributed by atoms with van der Waals surface area (Å²) >= 11 is 5.79. The van der Waals surface area contributed by atoms with Crippen LogP contribution in [0, 0.1) is 0 Å². The first-order valence-electron chi connectivity index (χ1n) is 5.82. The lowest BCUT2D eigenvalue weighted by Gasteiger charge is -2.04. The van der Waals surface area contributed by atoms with Crippen molar-refractivity contribution < 1.29 is 9.32 Å². The van der Waals surface area contributed by atoms with E-state index in [-0.39, 0.29) is 6.61 Å². The zero-order valence-corrected chi connectivity index (χ0v) is 11.8. The summed E-state index contributed by atoms with van der Waals surface area (Å²) in [5, 5.41) is 9.37. The Morgan fingerprint density at radius 1 is 1.05 bits per heavy atom. The molecule has 1 heterocycles. The monoisotopic (exact) mass is 295 g/mol. The molecule has 0 saturated carbocycles. The molecule has 2 rings (SSSR count). The van der Waals surface area contributed by atoms with Gasteiger partial charge in [0.2, 0.25) is 0 Å². The molecule has 1 aromatic carbocycles. The van der Waals surface area contributed by atoms with Crippen molar-refractivity contribution in [1.82, 2.24) is 4.98 Å². The molecule has 0 aliphatic heterocycles. The van der Waals surface area contributed by atoms with Gasteiger partial charge in [0.15, 0.2) is 0 Å². The second kappa shape index (κ2) is 6.80. The van der Waals surface area contributed by atoms with Crippen LogP contribution in [0.1, 0.15) is 16.8 Å². The van der Waals surface area contributed by atoms with E-state index >= 15 is 0 Å². The van der Waals surface area contributed by atoms with Crippen LogP contribution in [0.2, 0.25) is 5.15 Å². The van der Waals surface area contributed by atoms with Crippen molar-refractivity contribution in [2.24, 2.45) is 0 Å². The Hall–Kier alpha value is -1.23. The Morgan fingerprint density at radius 3 is 2.37 bits per heavy atom. The number of benzene rings is 1. The van der Waals surface area contributed by atoms with Crippen molar-refractivity contribution in [3.63, 3.8) is 0 Å². The number of pyridine rings is 1. The van der Waals surface area contributed by atoms with Crippen LogP contribution in [-0.4, -0.2) is 14.3 Å². The average Bonchev–Trinajstić information content (AvgIpc) is 2.39. The second-order valence-corrected chi connectivity index (χ2v) is 6.00. The summed E-state index contributed by atoms with van der Waals surface area (Å²) in [7, 11) is -1.02. The minimum Gasteiger partial charge on any atom is -0.392 e. The van der Waals surface area contributed by atoms with E-state index < -0.39 is 10.8 Å². The van der Waals surface area contributed by atoms with Gasteiger partial charge in [-0.25, -0.2) is 4.98 Å². The van der Waals surface area contributed by atoms with Gasteiger partial charge in [-0.15, -0.1) is 0 Å². The number of aliphatic hydroxyl groups excluding tert-OH is 1. The molecule has 1 unspecified atom stereocenters. The van der Waals surface area contributed by atoms with Gasteiger partial charge in [-0.05, 0) is 23.3 Å². The third-order valence-corrected chi connectivity index (χ3v) is 4.10. The first-order valence-corrected chi connectivity index (χ1v) is 7.69. The largest absolute Gasteiger partial charge is 0.392 e. The Labute approximate surface area is 119 Å². The van der Waals surface area contributed by atoms with Crippen molar-refractivity contribution >= 4 is 22.4 Å². The van der Waals surface area contributed by atoms with Gasteiger partial charge in [0.05, 0.1) is 18.1 Å². The predicted molar refractivity (Wildman–Crippen MR) is 77.2 cm³/mol. The summed E-state index contributed by atoms with van der Waals surface area (Å²) in [6.45, 7) is 0.0236. The zero-order chi connectivity index (χ0) is 13.7. The van der Waals surface area contributed by atoms with Crippen LogP contribution >= 0.6 is 11.6 Å². The molecule has 0 saturated heterocycles. The molecule has 1 atom stereocenters. The zero-order valence-electron chi connectivity index (χ0n) is 10.3. The van der Waals surface area contributed by atoms with E-state index in [1.54, 1.807) is 12.1 Å². The van der Waals surface area contributed by atoms with Gasteiger partial charge < -0.3 is 5.11 Å². The van der Waals surface area contributed by atoms with Crippen LogP contribution < -0.4 is 0 Å². The maximum atomic E-state index is 12.0. The minimum absolute atomic E-state index is 0.0236. The Morgan fingerprint density at radius 2 is 1.74 bits per heavy atom. The molecule has 5 heteroatoms. The highest BCUT2D eigenvalue weighted by atomic mass is 35.5. The van der Waals surface area contributed by atoms with Crippen molar-refractivity contribution in [1.29, 1.82) is 0 Å². The summed E-state index contributed by atoms with van der Waals surface area (Å²) in [5.41, 5.74) is 2.57. The number of halogens is 1. The van der Waals surface area contributed by atoms with Crippen LogP contribution in [0.4, 0.5) is 0 Å². The van der Waals surface area contributed by atoms with Crippen molar-refractivity contribution in [3.8, 4) is 0 Å².